The van der Waals surface area contributed by atoms with Gasteiger partial charge in [0.25, 0.3) is 0 Å². The molecule has 8 heteroatoms. The number of methoxy groups -OCH3 is 1. The molecule has 1 aromatic carbocycles. The number of ketones is 1. The summed E-state index contributed by atoms with van der Waals surface area (Å²) in [5.74, 6) is 0.0205. The lowest BCUT2D eigenvalue weighted by atomic mass is 9.46. The molecule has 0 aromatic heterocycles. The molecule has 3 saturated carbocycles. The number of halogens is 1. The van der Waals surface area contributed by atoms with E-state index in [-0.39, 0.29) is 34.2 Å². The van der Waals surface area contributed by atoms with Crippen LogP contribution in [0.15, 0.2) is 42.0 Å². The van der Waals surface area contributed by atoms with Crippen LogP contribution in [0.3, 0.4) is 0 Å². The van der Waals surface area contributed by atoms with Gasteiger partial charge < -0.3 is 19.3 Å². The van der Waals surface area contributed by atoms with Crippen LogP contribution in [-0.2, 0) is 19.1 Å². The molecule has 7 unspecified atom stereocenters. The maximum atomic E-state index is 15.0. The Morgan fingerprint density at radius 1 is 1.30 bits per heavy atom. The van der Waals surface area contributed by atoms with Gasteiger partial charge in [-0.05, 0) is 68.1 Å². The standard InChI is InChI=1S/C29H33FO6S/c1-27-10-9-16(31)11-15(27)5-7-18-20-13-23-29(26(33)37-4,28(20,2)14-22(32)24(18)27)36-25(35-23)19-8-6-17(34-3)12-21(19)30/h6,8-12,18,20,22-25,32H,5,7,13-14H2,1-4H3/t18?,20?,22?,23-,24?,25-,27?,28?,29?/m1/s1. The van der Waals surface area contributed by atoms with Gasteiger partial charge in [0, 0.05) is 28.4 Å². The molecule has 6 rings (SSSR count). The van der Waals surface area contributed by atoms with E-state index in [0.717, 1.165) is 30.2 Å². The van der Waals surface area contributed by atoms with E-state index in [4.69, 9.17) is 14.2 Å². The summed E-state index contributed by atoms with van der Waals surface area (Å²) < 4.78 is 33.1. The number of ether oxygens (including phenoxy) is 3. The maximum absolute atomic E-state index is 15.0. The van der Waals surface area contributed by atoms with Gasteiger partial charge in [0.15, 0.2) is 17.7 Å². The first-order valence-corrected chi connectivity index (χ1v) is 14.2. The van der Waals surface area contributed by atoms with Gasteiger partial charge in [-0.1, -0.05) is 37.3 Å². The number of benzene rings is 1. The Hall–Kier alpha value is -2.00. The van der Waals surface area contributed by atoms with Gasteiger partial charge in [-0.3, -0.25) is 9.59 Å². The van der Waals surface area contributed by atoms with Crippen molar-refractivity contribution < 1.29 is 33.3 Å². The Balaban J connectivity index is 1.39. The molecule has 1 aromatic rings. The molecule has 9 atom stereocenters. The first-order valence-electron chi connectivity index (χ1n) is 13.0. The van der Waals surface area contributed by atoms with Gasteiger partial charge >= 0.3 is 0 Å². The van der Waals surface area contributed by atoms with Crippen LogP contribution in [0, 0.1) is 34.4 Å². The molecule has 0 spiro atoms. The number of hydrogen-bond donors (Lipinski definition) is 1. The first-order chi connectivity index (χ1) is 17.6. The molecular formula is C29H33FO6S. The number of fused-ring (bicyclic) bond motifs is 7. The Kier molecular flexibility index (Phi) is 5.81. The highest BCUT2D eigenvalue weighted by Crippen LogP contribution is 2.71. The topological polar surface area (TPSA) is 82.1 Å². The van der Waals surface area contributed by atoms with Gasteiger partial charge in [-0.2, -0.15) is 0 Å². The van der Waals surface area contributed by atoms with Gasteiger partial charge in [-0.25, -0.2) is 4.39 Å². The highest BCUT2D eigenvalue weighted by Gasteiger charge is 2.76. The van der Waals surface area contributed by atoms with Crippen molar-refractivity contribution in [2.24, 2.45) is 28.6 Å². The summed E-state index contributed by atoms with van der Waals surface area (Å²) in [6.07, 6.45) is 7.38. The van der Waals surface area contributed by atoms with E-state index in [1.54, 1.807) is 30.5 Å². The molecular weight excluding hydrogens is 495 g/mol. The molecule has 1 aliphatic heterocycles. The monoisotopic (exact) mass is 528 g/mol. The number of aliphatic hydroxyl groups is 1. The number of rotatable bonds is 3. The number of carbonyl (C=O) groups excluding carboxylic acids is 2. The van der Waals surface area contributed by atoms with E-state index < -0.39 is 40.7 Å². The van der Waals surface area contributed by atoms with Crippen LogP contribution < -0.4 is 4.74 Å². The molecule has 6 nitrogen and oxygen atoms in total. The van der Waals surface area contributed by atoms with Crippen molar-refractivity contribution >= 4 is 22.7 Å². The van der Waals surface area contributed by atoms with E-state index >= 15 is 4.39 Å². The second kappa shape index (κ2) is 8.50. The largest absolute Gasteiger partial charge is 0.497 e. The third kappa shape index (κ3) is 3.28. The second-order valence-corrected chi connectivity index (χ2v) is 12.4. The fourth-order valence-corrected chi connectivity index (χ4v) is 9.25. The van der Waals surface area contributed by atoms with E-state index in [9.17, 15) is 14.7 Å². The molecule has 5 aliphatic rings. The molecule has 0 radical (unpaired) electrons. The lowest BCUT2D eigenvalue weighted by Gasteiger charge is -2.59. The van der Waals surface area contributed by atoms with Gasteiger partial charge in [0.1, 0.15) is 11.6 Å². The van der Waals surface area contributed by atoms with E-state index in [1.165, 1.54) is 13.2 Å². The van der Waals surface area contributed by atoms with Crippen LogP contribution in [0.25, 0.3) is 0 Å². The minimum absolute atomic E-state index is 0.000382. The lowest BCUT2D eigenvalue weighted by molar-refractivity contribution is -0.195. The summed E-state index contributed by atoms with van der Waals surface area (Å²) >= 11 is 1.10. The van der Waals surface area contributed by atoms with Crippen molar-refractivity contribution in [3.05, 3.63) is 53.4 Å². The number of carbonyl (C=O) groups is 2. The van der Waals surface area contributed by atoms with Crippen LogP contribution in [0.2, 0.25) is 0 Å². The Morgan fingerprint density at radius 2 is 2.08 bits per heavy atom. The zero-order chi connectivity index (χ0) is 26.3. The Bertz CT molecular complexity index is 1230. The number of thioether (sulfide) groups is 1. The Morgan fingerprint density at radius 3 is 2.78 bits per heavy atom. The molecule has 1 heterocycles. The molecule has 198 valence electrons. The quantitative estimate of drug-likeness (QED) is 0.606. The van der Waals surface area contributed by atoms with E-state index in [2.05, 4.69) is 13.8 Å². The first kappa shape index (κ1) is 25.3. The van der Waals surface area contributed by atoms with Crippen molar-refractivity contribution in [2.45, 2.75) is 63.6 Å². The average molecular weight is 529 g/mol. The van der Waals surface area contributed by atoms with Crippen LogP contribution in [0.4, 0.5) is 4.39 Å². The molecule has 1 N–H and O–H groups in total. The van der Waals surface area contributed by atoms with Crippen molar-refractivity contribution in [3.63, 3.8) is 0 Å². The molecule has 4 aliphatic carbocycles. The van der Waals surface area contributed by atoms with Crippen molar-refractivity contribution in [2.75, 3.05) is 13.4 Å². The molecule has 1 saturated heterocycles. The zero-order valence-corrected chi connectivity index (χ0v) is 22.3. The summed E-state index contributed by atoms with van der Waals surface area (Å²) in [4.78, 5) is 25.8. The summed E-state index contributed by atoms with van der Waals surface area (Å²) in [6.45, 7) is 4.17. The summed E-state index contributed by atoms with van der Waals surface area (Å²) in [7, 11) is 1.47. The SMILES string of the molecule is COc1ccc([C@@H]2O[C@@H]3CC4C5CCC6=CC(=O)C=CC6(C)C5C(O)CC4(C)C3(C(=O)SC)O2)c(F)c1. The fourth-order valence-electron chi connectivity index (χ4n) is 8.53. The van der Waals surface area contributed by atoms with Crippen LogP contribution >= 0.6 is 11.8 Å². The normalized spacial score (nSPS) is 43.9. The zero-order valence-electron chi connectivity index (χ0n) is 21.5. The van der Waals surface area contributed by atoms with Gasteiger partial charge in [-0.15, -0.1) is 0 Å². The Labute approximate surface area is 220 Å². The maximum Gasteiger partial charge on any atom is 0.223 e. The van der Waals surface area contributed by atoms with E-state index in [0.29, 0.717) is 18.6 Å². The van der Waals surface area contributed by atoms with Crippen molar-refractivity contribution in [1.29, 1.82) is 0 Å². The fraction of sp³-hybridized carbons (Fsp3) is 0.586. The van der Waals surface area contributed by atoms with Crippen molar-refractivity contribution in [3.8, 4) is 5.75 Å². The molecule has 0 bridgehead atoms. The minimum Gasteiger partial charge on any atom is -0.497 e. The van der Waals surface area contributed by atoms with Gasteiger partial charge in [0.05, 0.1) is 19.3 Å². The minimum atomic E-state index is -1.30. The lowest BCUT2D eigenvalue weighted by Crippen LogP contribution is -2.62. The summed E-state index contributed by atoms with van der Waals surface area (Å²) in [5.41, 5.74) is -1.07. The third-order valence-corrected chi connectivity index (χ3v) is 10.9. The van der Waals surface area contributed by atoms with Gasteiger partial charge in [0.2, 0.25) is 5.12 Å². The molecule has 37 heavy (non-hydrogen) atoms. The predicted molar refractivity (Wildman–Crippen MR) is 136 cm³/mol. The van der Waals surface area contributed by atoms with Crippen molar-refractivity contribution in [1.82, 2.24) is 0 Å². The number of allylic oxidation sites excluding steroid dienone is 4. The summed E-state index contributed by atoms with van der Waals surface area (Å²) in [6, 6.07) is 4.52. The smallest absolute Gasteiger partial charge is 0.223 e. The van der Waals surface area contributed by atoms with Crippen LogP contribution in [-0.4, -0.2) is 47.2 Å². The third-order valence-electron chi connectivity index (χ3n) is 10.2. The predicted octanol–water partition coefficient (Wildman–Crippen LogP) is 4.77. The van der Waals surface area contributed by atoms with Crippen LogP contribution in [0.1, 0.15) is 51.4 Å². The van der Waals surface area contributed by atoms with Crippen LogP contribution in [0.5, 0.6) is 5.75 Å². The number of hydrogen-bond acceptors (Lipinski definition) is 7. The number of aliphatic hydroxyl groups excluding tert-OH is 1. The molecule has 0 amide bonds. The highest BCUT2D eigenvalue weighted by atomic mass is 32.2. The highest BCUT2D eigenvalue weighted by molar-refractivity contribution is 8.13. The van der Waals surface area contributed by atoms with E-state index in [1.807, 2.05) is 6.08 Å². The average Bonchev–Trinajstić information content (AvgIpc) is 3.36. The second-order valence-electron chi connectivity index (χ2n) is 11.6. The summed E-state index contributed by atoms with van der Waals surface area (Å²) in [5, 5.41) is 11.6. The molecule has 4 fully saturated rings.